The number of urea groups is 1. The molecule has 1 aromatic carbocycles. The standard InChI is InChI=1S/C20H18N6OS/c1-3-22-19(27)24-20-23-17-10-14(16-7-6-12(2)25-26-16)9-15(18(17)28-20)13-5-4-8-21-11-13/h4-11H,3H2,1-2H3,(H2,22,23,24,27). The molecular weight excluding hydrogens is 372 g/mol. The predicted octanol–water partition coefficient (Wildman–Crippen LogP) is 4.27. The average Bonchev–Trinajstić information content (AvgIpc) is 3.10. The number of nitrogens with zero attached hydrogens (tertiary/aromatic N) is 4. The van der Waals surface area contributed by atoms with Crippen molar-refractivity contribution in [2.24, 2.45) is 0 Å². The number of fused-ring (bicyclic) bond motifs is 1. The van der Waals surface area contributed by atoms with E-state index in [2.05, 4.69) is 36.9 Å². The van der Waals surface area contributed by atoms with Crippen LogP contribution >= 0.6 is 11.3 Å². The van der Waals surface area contributed by atoms with Gasteiger partial charge < -0.3 is 5.32 Å². The van der Waals surface area contributed by atoms with Gasteiger partial charge in [0.25, 0.3) is 0 Å². The number of thiazole rings is 1. The molecule has 0 bridgehead atoms. The Morgan fingerprint density at radius 1 is 1.14 bits per heavy atom. The van der Waals surface area contributed by atoms with Gasteiger partial charge in [0.1, 0.15) is 0 Å². The van der Waals surface area contributed by atoms with Gasteiger partial charge in [0.05, 0.1) is 21.6 Å². The minimum Gasteiger partial charge on any atom is -0.338 e. The Morgan fingerprint density at radius 2 is 2.04 bits per heavy atom. The van der Waals surface area contributed by atoms with Crippen molar-refractivity contribution < 1.29 is 4.79 Å². The number of hydrogen-bond donors (Lipinski definition) is 2. The van der Waals surface area contributed by atoms with Crippen LogP contribution in [0.2, 0.25) is 0 Å². The Morgan fingerprint density at radius 3 is 2.75 bits per heavy atom. The number of carbonyl (C=O) groups excluding carboxylic acids is 1. The smallest absolute Gasteiger partial charge is 0.321 e. The molecule has 0 fully saturated rings. The lowest BCUT2D eigenvalue weighted by molar-refractivity contribution is 0.252. The highest BCUT2D eigenvalue weighted by molar-refractivity contribution is 7.22. The molecule has 8 heteroatoms. The van der Waals surface area contributed by atoms with Crippen LogP contribution in [-0.2, 0) is 0 Å². The van der Waals surface area contributed by atoms with Crippen molar-refractivity contribution in [2.75, 3.05) is 11.9 Å². The number of rotatable bonds is 4. The van der Waals surface area contributed by atoms with Crippen LogP contribution in [0.15, 0.2) is 48.8 Å². The third-order valence-corrected chi connectivity index (χ3v) is 5.13. The molecule has 0 radical (unpaired) electrons. The molecule has 4 rings (SSSR count). The fraction of sp³-hybridized carbons (Fsp3) is 0.150. The first-order valence-electron chi connectivity index (χ1n) is 8.84. The lowest BCUT2D eigenvalue weighted by Gasteiger charge is -2.06. The summed E-state index contributed by atoms with van der Waals surface area (Å²) in [6.45, 7) is 4.32. The number of anilines is 1. The van der Waals surface area contributed by atoms with Crippen molar-refractivity contribution >= 4 is 32.7 Å². The number of hydrogen-bond acceptors (Lipinski definition) is 6. The summed E-state index contributed by atoms with van der Waals surface area (Å²) in [5, 5.41) is 14.5. The summed E-state index contributed by atoms with van der Waals surface area (Å²) in [6.07, 6.45) is 3.56. The van der Waals surface area contributed by atoms with E-state index in [0.717, 1.165) is 38.3 Å². The molecule has 3 aromatic heterocycles. The first-order valence-corrected chi connectivity index (χ1v) is 9.66. The fourth-order valence-corrected chi connectivity index (χ4v) is 3.80. The van der Waals surface area contributed by atoms with Crippen LogP contribution < -0.4 is 10.6 Å². The van der Waals surface area contributed by atoms with Crippen LogP contribution in [0.5, 0.6) is 0 Å². The monoisotopic (exact) mass is 390 g/mol. The molecule has 4 aromatic rings. The molecule has 140 valence electrons. The molecule has 0 atom stereocenters. The van der Waals surface area contributed by atoms with E-state index in [1.165, 1.54) is 11.3 Å². The highest BCUT2D eigenvalue weighted by Crippen LogP contribution is 2.38. The van der Waals surface area contributed by atoms with Crippen molar-refractivity contribution in [3.8, 4) is 22.4 Å². The molecule has 0 spiro atoms. The second kappa shape index (κ2) is 7.69. The molecule has 0 unspecified atom stereocenters. The molecule has 0 aliphatic rings. The lowest BCUT2D eigenvalue weighted by Crippen LogP contribution is -2.28. The van der Waals surface area contributed by atoms with Gasteiger partial charge in [-0.15, -0.1) is 0 Å². The number of carbonyl (C=O) groups is 1. The summed E-state index contributed by atoms with van der Waals surface area (Å²) in [5.41, 5.74) is 5.29. The lowest BCUT2D eigenvalue weighted by atomic mass is 10.0. The molecule has 0 aliphatic carbocycles. The zero-order valence-electron chi connectivity index (χ0n) is 15.4. The average molecular weight is 390 g/mol. The zero-order chi connectivity index (χ0) is 19.5. The minimum atomic E-state index is -0.269. The van der Waals surface area contributed by atoms with Crippen LogP contribution in [0.1, 0.15) is 12.6 Å². The third-order valence-electron chi connectivity index (χ3n) is 4.11. The Balaban J connectivity index is 1.86. The van der Waals surface area contributed by atoms with Gasteiger partial charge in [0, 0.05) is 35.6 Å². The Kier molecular flexibility index (Phi) is 4.94. The summed E-state index contributed by atoms with van der Waals surface area (Å²) in [7, 11) is 0. The van der Waals surface area contributed by atoms with Crippen molar-refractivity contribution in [2.45, 2.75) is 13.8 Å². The van der Waals surface area contributed by atoms with Crippen molar-refractivity contribution in [1.29, 1.82) is 0 Å². The second-order valence-corrected chi connectivity index (χ2v) is 7.18. The Labute approximate surface area is 165 Å². The van der Waals surface area contributed by atoms with Gasteiger partial charge in [0.2, 0.25) is 0 Å². The quantitative estimate of drug-likeness (QED) is 0.543. The zero-order valence-corrected chi connectivity index (χ0v) is 16.2. The molecule has 28 heavy (non-hydrogen) atoms. The van der Waals surface area contributed by atoms with E-state index in [-0.39, 0.29) is 6.03 Å². The SMILES string of the molecule is CCNC(=O)Nc1nc2cc(-c3ccc(C)nn3)cc(-c3cccnc3)c2s1. The van der Waals surface area contributed by atoms with Gasteiger partial charge in [-0.3, -0.25) is 10.3 Å². The maximum atomic E-state index is 11.9. The first kappa shape index (κ1) is 18.0. The van der Waals surface area contributed by atoms with E-state index in [9.17, 15) is 4.79 Å². The molecule has 0 aliphatic heterocycles. The van der Waals surface area contributed by atoms with Gasteiger partial charge in [-0.25, -0.2) is 9.78 Å². The van der Waals surface area contributed by atoms with Gasteiger partial charge >= 0.3 is 6.03 Å². The molecule has 7 nitrogen and oxygen atoms in total. The number of nitrogens with one attached hydrogen (secondary N) is 2. The van der Waals surface area contributed by atoms with Crippen LogP contribution in [0.25, 0.3) is 32.6 Å². The maximum Gasteiger partial charge on any atom is 0.321 e. The van der Waals surface area contributed by atoms with E-state index < -0.39 is 0 Å². The van der Waals surface area contributed by atoms with E-state index in [1.54, 1.807) is 6.20 Å². The molecule has 0 saturated carbocycles. The van der Waals surface area contributed by atoms with Gasteiger partial charge in [-0.1, -0.05) is 17.4 Å². The van der Waals surface area contributed by atoms with Crippen LogP contribution in [0.4, 0.5) is 9.93 Å². The highest BCUT2D eigenvalue weighted by Gasteiger charge is 2.15. The van der Waals surface area contributed by atoms with E-state index in [4.69, 9.17) is 0 Å². The number of aryl methyl sites for hydroxylation is 1. The maximum absolute atomic E-state index is 11.9. The highest BCUT2D eigenvalue weighted by atomic mass is 32.1. The Bertz CT molecular complexity index is 1120. The van der Waals surface area contributed by atoms with Crippen LogP contribution in [0, 0.1) is 6.92 Å². The van der Waals surface area contributed by atoms with E-state index in [0.29, 0.717) is 11.7 Å². The summed E-state index contributed by atoms with van der Waals surface area (Å²) >= 11 is 1.43. The van der Waals surface area contributed by atoms with Crippen LogP contribution in [0.3, 0.4) is 0 Å². The van der Waals surface area contributed by atoms with Crippen molar-refractivity contribution in [3.05, 3.63) is 54.5 Å². The van der Waals surface area contributed by atoms with E-state index >= 15 is 0 Å². The molecular formula is C20H18N6OS. The number of pyridine rings is 1. The fourth-order valence-electron chi connectivity index (χ4n) is 2.83. The molecule has 2 N–H and O–H groups in total. The third kappa shape index (κ3) is 3.67. The summed E-state index contributed by atoms with van der Waals surface area (Å²) in [4.78, 5) is 20.7. The topological polar surface area (TPSA) is 92.7 Å². The van der Waals surface area contributed by atoms with Gasteiger partial charge in [-0.05, 0) is 44.2 Å². The van der Waals surface area contributed by atoms with Crippen molar-refractivity contribution in [1.82, 2.24) is 25.5 Å². The predicted molar refractivity (Wildman–Crippen MR) is 111 cm³/mol. The molecule has 3 heterocycles. The van der Waals surface area contributed by atoms with Gasteiger partial charge in [0.15, 0.2) is 5.13 Å². The number of aromatic nitrogens is 4. The number of amides is 2. The number of benzene rings is 1. The summed E-state index contributed by atoms with van der Waals surface area (Å²) in [5.74, 6) is 0. The Hall–Kier alpha value is -3.39. The van der Waals surface area contributed by atoms with Crippen LogP contribution in [-0.4, -0.2) is 32.7 Å². The van der Waals surface area contributed by atoms with Gasteiger partial charge in [-0.2, -0.15) is 10.2 Å². The minimum absolute atomic E-state index is 0.269. The normalized spacial score (nSPS) is 10.8. The van der Waals surface area contributed by atoms with Crippen molar-refractivity contribution in [3.63, 3.8) is 0 Å². The van der Waals surface area contributed by atoms with E-state index in [1.807, 2.05) is 50.4 Å². The molecule has 2 amide bonds. The second-order valence-electron chi connectivity index (χ2n) is 6.18. The molecule has 0 saturated heterocycles. The first-order chi connectivity index (χ1) is 13.6. The summed E-state index contributed by atoms with van der Waals surface area (Å²) < 4.78 is 0.976. The summed E-state index contributed by atoms with van der Waals surface area (Å²) in [6, 6.07) is 11.5. The largest absolute Gasteiger partial charge is 0.338 e.